The first kappa shape index (κ1) is 21.4. The fourth-order valence-corrected chi connectivity index (χ4v) is 3.95. The number of aromatic nitrogens is 2. The molecular formula is C21H26F3N3O2. The van der Waals surface area contributed by atoms with Crippen LogP contribution in [0, 0.1) is 5.92 Å². The van der Waals surface area contributed by atoms with Gasteiger partial charge < -0.3 is 4.74 Å². The van der Waals surface area contributed by atoms with Crippen molar-refractivity contribution in [3.63, 3.8) is 0 Å². The number of ether oxygens (including phenoxy) is 1. The summed E-state index contributed by atoms with van der Waals surface area (Å²) in [6.07, 6.45) is 1.92. The van der Waals surface area contributed by atoms with E-state index in [1.54, 1.807) is 10.9 Å². The first-order chi connectivity index (χ1) is 13.7. The minimum Gasteiger partial charge on any atom is -0.465 e. The van der Waals surface area contributed by atoms with Crippen molar-refractivity contribution in [3.05, 3.63) is 53.3 Å². The lowest BCUT2D eigenvalue weighted by Crippen LogP contribution is -2.38. The van der Waals surface area contributed by atoms with E-state index in [1.165, 1.54) is 12.1 Å². The minimum atomic E-state index is -4.35. The fraction of sp³-hybridized carbons (Fsp3) is 0.524. The molecule has 0 amide bonds. The van der Waals surface area contributed by atoms with Gasteiger partial charge in [0.05, 0.1) is 18.4 Å². The molecule has 158 valence electrons. The van der Waals surface area contributed by atoms with Gasteiger partial charge >= 0.3 is 12.1 Å². The molecule has 2 aromatic rings. The quantitative estimate of drug-likeness (QED) is 0.677. The number of hydrogen-bond donors (Lipinski definition) is 0. The van der Waals surface area contributed by atoms with Gasteiger partial charge in [0.2, 0.25) is 0 Å². The molecule has 0 aliphatic carbocycles. The van der Waals surface area contributed by atoms with E-state index in [1.807, 2.05) is 20.3 Å². The van der Waals surface area contributed by atoms with Crippen LogP contribution >= 0.6 is 0 Å². The highest BCUT2D eigenvalue weighted by atomic mass is 19.4. The summed E-state index contributed by atoms with van der Waals surface area (Å²) in [5.74, 6) is -0.221. The molecule has 0 unspecified atom stereocenters. The number of nitrogens with zero attached hydrogens (tertiary/aromatic N) is 3. The van der Waals surface area contributed by atoms with Gasteiger partial charge in [-0.2, -0.15) is 18.3 Å². The zero-order valence-electron chi connectivity index (χ0n) is 16.7. The third kappa shape index (κ3) is 5.59. The number of hydrogen-bond acceptors (Lipinski definition) is 4. The number of piperidine rings is 1. The second-order valence-corrected chi connectivity index (χ2v) is 7.65. The number of rotatable bonds is 6. The van der Waals surface area contributed by atoms with E-state index in [0.717, 1.165) is 42.6 Å². The Bertz CT molecular complexity index is 817. The summed E-state index contributed by atoms with van der Waals surface area (Å²) < 4.78 is 45.7. The number of alkyl halides is 3. The van der Waals surface area contributed by atoms with Gasteiger partial charge in [-0.1, -0.05) is 12.1 Å². The lowest BCUT2D eigenvalue weighted by atomic mass is 9.85. The highest BCUT2D eigenvalue weighted by Gasteiger charge is 2.33. The molecule has 29 heavy (non-hydrogen) atoms. The van der Waals surface area contributed by atoms with Gasteiger partial charge in [-0.3, -0.25) is 14.4 Å². The lowest BCUT2D eigenvalue weighted by Gasteiger charge is -2.39. The van der Waals surface area contributed by atoms with E-state index < -0.39 is 11.7 Å². The Kier molecular flexibility index (Phi) is 6.62. The van der Waals surface area contributed by atoms with Gasteiger partial charge in [0.1, 0.15) is 0 Å². The van der Waals surface area contributed by atoms with Crippen LogP contribution < -0.4 is 0 Å². The van der Waals surface area contributed by atoms with Crippen molar-refractivity contribution in [2.45, 2.75) is 37.9 Å². The Hall–Kier alpha value is -2.35. The second-order valence-electron chi connectivity index (χ2n) is 7.65. The average molecular weight is 409 g/mol. The van der Waals surface area contributed by atoms with Gasteiger partial charge in [0.25, 0.3) is 0 Å². The van der Waals surface area contributed by atoms with Gasteiger partial charge in [-0.05, 0) is 56.1 Å². The molecule has 0 spiro atoms. The van der Waals surface area contributed by atoms with Crippen LogP contribution in [0.4, 0.5) is 13.2 Å². The molecule has 0 radical (unpaired) electrons. The Morgan fingerprint density at radius 3 is 2.59 bits per heavy atom. The third-order valence-electron chi connectivity index (χ3n) is 5.42. The van der Waals surface area contributed by atoms with Crippen molar-refractivity contribution < 1.29 is 22.7 Å². The Labute approximate surface area is 168 Å². The first-order valence-corrected chi connectivity index (χ1v) is 9.74. The van der Waals surface area contributed by atoms with Crippen LogP contribution in [0.1, 0.15) is 42.0 Å². The van der Waals surface area contributed by atoms with E-state index in [9.17, 15) is 18.0 Å². The van der Waals surface area contributed by atoms with Crippen LogP contribution in [-0.4, -0.2) is 40.8 Å². The largest absolute Gasteiger partial charge is 0.465 e. The van der Waals surface area contributed by atoms with Crippen molar-refractivity contribution in [1.29, 1.82) is 0 Å². The molecule has 1 aliphatic heterocycles. The molecule has 0 N–H and O–H groups in total. The predicted octanol–water partition coefficient (Wildman–Crippen LogP) is 4.00. The van der Waals surface area contributed by atoms with Gasteiger partial charge in [-0.25, -0.2) is 0 Å². The zero-order valence-corrected chi connectivity index (χ0v) is 16.7. The standard InChI is InChI=1S/C21H26F3N3O2/c1-26-11-3-4-17(14-29-19(28)10-5-15-12-25-27(2)13-15)20(26)16-6-8-18(9-7-16)21(22,23)24/h6-9,12-13,17,20H,3-5,10-11,14H2,1-2H3/t17-,20+/m0/s1. The summed E-state index contributed by atoms with van der Waals surface area (Å²) in [5, 5.41) is 4.08. The van der Waals surface area contributed by atoms with Crippen LogP contribution in [0.25, 0.3) is 0 Å². The number of likely N-dealkylation sites (tertiary alicyclic amines) is 1. The lowest BCUT2D eigenvalue weighted by molar-refractivity contribution is -0.146. The Morgan fingerprint density at radius 2 is 1.97 bits per heavy atom. The SMILES string of the molecule is CN1CCC[C@@H](COC(=O)CCc2cnn(C)c2)[C@H]1c1ccc(C(F)(F)F)cc1. The number of carbonyl (C=O) groups excluding carboxylic acids is 1. The summed E-state index contributed by atoms with van der Waals surface area (Å²) in [5.41, 5.74) is 1.14. The number of carbonyl (C=O) groups is 1. The molecule has 1 saturated heterocycles. The predicted molar refractivity (Wildman–Crippen MR) is 102 cm³/mol. The van der Waals surface area contributed by atoms with Gasteiger partial charge in [0.15, 0.2) is 0 Å². The number of esters is 1. The maximum absolute atomic E-state index is 12.8. The molecule has 0 bridgehead atoms. The highest BCUT2D eigenvalue weighted by Crippen LogP contribution is 2.37. The zero-order chi connectivity index (χ0) is 21.0. The summed E-state index contributed by atoms with van der Waals surface area (Å²) in [4.78, 5) is 14.3. The van der Waals surface area contributed by atoms with Crippen LogP contribution in [0.15, 0.2) is 36.7 Å². The molecule has 1 fully saturated rings. The van der Waals surface area contributed by atoms with Crippen molar-refractivity contribution in [3.8, 4) is 0 Å². The smallest absolute Gasteiger partial charge is 0.416 e. The number of benzene rings is 1. The molecule has 2 atom stereocenters. The summed E-state index contributed by atoms with van der Waals surface area (Å²) in [6.45, 7) is 1.12. The molecule has 0 saturated carbocycles. The van der Waals surface area contributed by atoms with E-state index in [2.05, 4.69) is 10.00 Å². The van der Waals surface area contributed by atoms with E-state index in [0.29, 0.717) is 6.42 Å². The fourth-order valence-electron chi connectivity index (χ4n) is 3.95. The normalized spacial score (nSPS) is 20.6. The van der Waals surface area contributed by atoms with Gasteiger partial charge in [-0.15, -0.1) is 0 Å². The van der Waals surface area contributed by atoms with Crippen LogP contribution in [-0.2, 0) is 29.2 Å². The molecule has 3 rings (SSSR count). The third-order valence-corrected chi connectivity index (χ3v) is 5.42. The topological polar surface area (TPSA) is 47.4 Å². The van der Waals surface area contributed by atoms with Crippen molar-refractivity contribution in [2.24, 2.45) is 13.0 Å². The molecule has 1 aromatic carbocycles. The van der Waals surface area contributed by atoms with Crippen LogP contribution in [0.3, 0.4) is 0 Å². The maximum Gasteiger partial charge on any atom is 0.416 e. The highest BCUT2D eigenvalue weighted by molar-refractivity contribution is 5.69. The van der Waals surface area contributed by atoms with Crippen molar-refractivity contribution in [1.82, 2.24) is 14.7 Å². The van der Waals surface area contributed by atoms with Gasteiger partial charge in [0, 0.05) is 31.6 Å². The average Bonchev–Trinajstić information content (AvgIpc) is 3.09. The second kappa shape index (κ2) is 8.98. The molecule has 1 aliphatic rings. The summed E-state index contributed by atoms with van der Waals surface area (Å²) in [6, 6.07) is 5.24. The van der Waals surface area contributed by atoms with Crippen LogP contribution in [0.5, 0.6) is 0 Å². The maximum atomic E-state index is 12.8. The number of halogens is 3. The monoisotopic (exact) mass is 409 g/mol. The Morgan fingerprint density at radius 1 is 1.24 bits per heavy atom. The molecule has 5 nitrogen and oxygen atoms in total. The van der Waals surface area contributed by atoms with Crippen molar-refractivity contribution in [2.75, 3.05) is 20.2 Å². The minimum absolute atomic E-state index is 0.0489. The molecular weight excluding hydrogens is 383 g/mol. The molecule has 2 heterocycles. The first-order valence-electron chi connectivity index (χ1n) is 9.74. The number of aryl methyl sites for hydroxylation is 2. The summed E-state index contributed by atoms with van der Waals surface area (Å²) in [7, 11) is 3.78. The van der Waals surface area contributed by atoms with E-state index >= 15 is 0 Å². The molecule has 1 aromatic heterocycles. The van der Waals surface area contributed by atoms with E-state index in [-0.39, 0.29) is 31.0 Å². The molecule has 8 heteroatoms. The van der Waals surface area contributed by atoms with E-state index in [4.69, 9.17) is 4.74 Å². The summed E-state index contributed by atoms with van der Waals surface area (Å²) >= 11 is 0. The van der Waals surface area contributed by atoms with Crippen LogP contribution in [0.2, 0.25) is 0 Å². The van der Waals surface area contributed by atoms with Crippen molar-refractivity contribution >= 4 is 5.97 Å². The Balaban J connectivity index is 1.60.